The molecule has 2 aromatic rings. The van der Waals surface area contributed by atoms with Crippen LogP contribution in [0.1, 0.15) is 12.6 Å². The lowest BCUT2D eigenvalue weighted by molar-refractivity contribution is -0.116. The fraction of sp³-hybridized carbons (Fsp3) is 0.250. The van der Waals surface area contributed by atoms with E-state index in [-0.39, 0.29) is 5.78 Å². The van der Waals surface area contributed by atoms with Crippen LogP contribution in [0.3, 0.4) is 0 Å². The molecular weight excluding hydrogens is 168 g/mol. The van der Waals surface area contributed by atoms with Crippen LogP contribution in [-0.2, 0) is 11.2 Å². The second-order valence-corrected chi connectivity index (χ2v) is 2.80. The molecule has 2 heterocycles. The Morgan fingerprint density at radius 1 is 1.54 bits per heavy atom. The minimum absolute atomic E-state index is 0.0865. The van der Waals surface area contributed by atoms with Gasteiger partial charge in [-0.25, -0.2) is 14.5 Å². The summed E-state index contributed by atoms with van der Waals surface area (Å²) < 4.78 is 1.55. The smallest absolute Gasteiger partial charge is 0.250 e. The topological polar surface area (TPSA) is 60.2 Å². The van der Waals surface area contributed by atoms with Gasteiger partial charge >= 0.3 is 0 Å². The summed E-state index contributed by atoms with van der Waals surface area (Å²) >= 11 is 0. The van der Waals surface area contributed by atoms with Gasteiger partial charge in [0.1, 0.15) is 5.78 Å². The average molecular weight is 176 g/mol. The van der Waals surface area contributed by atoms with Crippen LogP contribution in [0.4, 0.5) is 0 Å². The molecule has 2 aromatic heterocycles. The highest BCUT2D eigenvalue weighted by atomic mass is 16.1. The van der Waals surface area contributed by atoms with Gasteiger partial charge in [0.25, 0.3) is 5.78 Å². The first-order valence-electron chi connectivity index (χ1n) is 3.90. The van der Waals surface area contributed by atoms with Gasteiger partial charge in [0.2, 0.25) is 0 Å². The van der Waals surface area contributed by atoms with Crippen LogP contribution in [0.5, 0.6) is 0 Å². The van der Waals surface area contributed by atoms with E-state index in [1.54, 1.807) is 23.1 Å². The second-order valence-electron chi connectivity index (χ2n) is 2.80. The number of nitrogens with zero attached hydrogens (tertiary/aromatic N) is 4. The van der Waals surface area contributed by atoms with Crippen LogP contribution >= 0.6 is 0 Å². The number of ketones is 1. The number of aromatic nitrogens is 4. The van der Waals surface area contributed by atoms with Gasteiger partial charge in [0.15, 0.2) is 0 Å². The van der Waals surface area contributed by atoms with E-state index in [1.165, 1.54) is 6.92 Å². The van der Waals surface area contributed by atoms with Crippen LogP contribution in [0, 0.1) is 0 Å². The largest absolute Gasteiger partial charge is 0.300 e. The van der Waals surface area contributed by atoms with Gasteiger partial charge in [-0.3, -0.25) is 4.79 Å². The summed E-state index contributed by atoms with van der Waals surface area (Å²) in [6, 6.07) is 0. The van der Waals surface area contributed by atoms with Crippen molar-refractivity contribution >= 4 is 11.6 Å². The van der Waals surface area contributed by atoms with E-state index in [0.717, 1.165) is 0 Å². The molecule has 5 heteroatoms. The number of hydrogen-bond acceptors (Lipinski definition) is 4. The van der Waals surface area contributed by atoms with Crippen LogP contribution < -0.4 is 0 Å². The zero-order valence-corrected chi connectivity index (χ0v) is 7.14. The average Bonchev–Trinajstić information content (AvgIpc) is 2.44. The van der Waals surface area contributed by atoms with Crippen molar-refractivity contribution in [2.45, 2.75) is 13.3 Å². The summed E-state index contributed by atoms with van der Waals surface area (Å²) in [5, 5.41) is 3.99. The molecule has 0 saturated carbocycles. The van der Waals surface area contributed by atoms with Gasteiger partial charge in [0, 0.05) is 0 Å². The molecule has 0 amide bonds. The number of fused-ring (bicyclic) bond motifs is 1. The van der Waals surface area contributed by atoms with Crippen LogP contribution in [0.25, 0.3) is 5.78 Å². The molecule has 0 aliphatic carbocycles. The molecule has 0 atom stereocenters. The highest BCUT2D eigenvalue weighted by molar-refractivity contribution is 5.77. The Hall–Kier alpha value is -1.78. The first-order chi connectivity index (χ1) is 6.25. The SMILES string of the molecule is CC(=O)Cc1cn2nccnc2n1. The van der Waals surface area contributed by atoms with Crippen molar-refractivity contribution in [3.8, 4) is 0 Å². The molecule has 5 nitrogen and oxygen atoms in total. The van der Waals surface area contributed by atoms with Gasteiger partial charge in [-0.15, -0.1) is 0 Å². The quantitative estimate of drug-likeness (QED) is 0.658. The summed E-state index contributed by atoms with van der Waals surface area (Å²) in [4.78, 5) is 18.9. The number of Topliss-reactive ketones (excluding diaryl/α,β-unsaturated/α-hetero) is 1. The minimum Gasteiger partial charge on any atom is -0.300 e. The van der Waals surface area contributed by atoms with Crippen molar-refractivity contribution in [1.82, 2.24) is 19.6 Å². The highest BCUT2D eigenvalue weighted by Gasteiger charge is 2.04. The number of imidazole rings is 1. The van der Waals surface area contributed by atoms with E-state index in [0.29, 0.717) is 17.9 Å². The maximum absolute atomic E-state index is 10.8. The van der Waals surface area contributed by atoms with Gasteiger partial charge in [-0.2, -0.15) is 5.10 Å². The predicted octanol–water partition coefficient (Wildman–Crippen LogP) is 0.256. The molecule has 0 aromatic carbocycles. The minimum atomic E-state index is 0.0865. The number of rotatable bonds is 2. The van der Waals surface area contributed by atoms with Gasteiger partial charge in [-0.05, 0) is 6.92 Å². The third-order valence-electron chi connectivity index (χ3n) is 1.60. The lowest BCUT2D eigenvalue weighted by Crippen LogP contribution is -1.95. The van der Waals surface area contributed by atoms with Crippen molar-refractivity contribution in [1.29, 1.82) is 0 Å². The Morgan fingerprint density at radius 3 is 3.08 bits per heavy atom. The Morgan fingerprint density at radius 2 is 2.38 bits per heavy atom. The van der Waals surface area contributed by atoms with Gasteiger partial charge in [-0.1, -0.05) is 0 Å². The molecule has 0 fully saturated rings. The van der Waals surface area contributed by atoms with E-state index >= 15 is 0 Å². The fourth-order valence-electron chi connectivity index (χ4n) is 1.12. The van der Waals surface area contributed by atoms with E-state index in [9.17, 15) is 4.79 Å². The normalized spacial score (nSPS) is 10.5. The fourth-order valence-corrected chi connectivity index (χ4v) is 1.12. The Labute approximate surface area is 74.4 Å². The highest BCUT2D eigenvalue weighted by Crippen LogP contribution is 2.00. The molecule has 0 aliphatic rings. The molecule has 0 spiro atoms. The Bertz CT molecular complexity index is 415. The first-order valence-corrected chi connectivity index (χ1v) is 3.90. The zero-order valence-electron chi connectivity index (χ0n) is 7.14. The van der Waals surface area contributed by atoms with E-state index in [2.05, 4.69) is 15.1 Å². The van der Waals surface area contributed by atoms with Crippen LogP contribution in [0.2, 0.25) is 0 Å². The molecule has 0 bridgehead atoms. The number of carbonyl (C=O) groups excluding carboxylic acids is 1. The Balaban J connectivity index is 2.44. The lowest BCUT2D eigenvalue weighted by atomic mass is 10.2. The third kappa shape index (κ3) is 1.53. The molecule has 0 unspecified atom stereocenters. The molecule has 0 N–H and O–H groups in total. The summed E-state index contributed by atoms with van der Waals surface area (Å²) in [5.41, 5.74) is 0.707. The molecule has 13 heavy (non-hydrogen) atoms. The monoisotopic (exact) mass is 176 g/mol. The van der Waals surface area contributed by atoms with E-state index in [1.807, 2.05) is 0 Å². The van der Waals surface area contributed by atoms with Crippen LogP contribution in [-0.4, -0.2) is 25.4 Å². The van der Waals surface area contributed by atoms with Gasteiger partial charge in [0.05, 0.1) is 30.7 Å². The summed E-state index contributed by atoms with van der Waals surface area (Å²) in [6.45, 7) is 1.53. The van der Waals surface area contributed by atoms with Crippen molar-refractivity contribution in [3.63, 3.8) is 0 Å². The molecule has 66 valence electrons. The van der Waals surface area contributed by atoms with Gasteiger partial charge < -0.3 is 0 Å². The Kier molecular flexibility index (Phi) is 1.77. The number of carbonyl (C=O) groups is 1. The molecule has 2 rings (SSSR count). The van der Waals surface area contributed by atoms with E-state index < -0.39 is 0 Å². The maximum Gasteiger partial charge on any atom is 0.250 e. The predicted molar refractivity (Wildman–Crippen MR) is 45.2 cm³/mol. The standard InChI is InChI=1S/C8H8N4O/c1-6(13)4-7-5-12-8(11-7)9-2-3-10-12/h2-3,5H,4H2,1H3. The third-order valence-corrected chi connectivity index (χ3v) is 1.60. The van der Waals surface area contributed by atoms with Crippen molar-refractivity contribution < 1.29 is 4.79 Å². The maximum atomic E-state index is 10.8. The van der Waals surface area contributed by atoms with E-state index in [4.69, 9.17) is 0 Å². The summed E-state index contributed by atoms with van der Waals surface area (Å²) in [6.07, 6.45) is 5.20. The second kappa shape index (κ2) is 2.93. The van der Waals surface area contributed by atoms with Crippen molar-refractivity contribution in [2.24, 2.45) is 0 Å². The lowest BCUT2D eigenvalue weighted by Gasteiger charge is -1.85. The molecular formula is C8H8N4O. The number of hydrogen-bond donors (Lipinski definition) is 0. The first kappa shape index (κ1) is 7.85. The van der Waals surface area contributed by atoms with Crippen molar-refractivity contribution in [2.75, 3.05) is 0 Å². The molecule has 0 radical (unpaired) electrons. The summed E-state index contributed by atoms with van der Waals surface area (Å²) in [5.74, 6) is 0.613. The summed E-state index contributed by atoms with van der Waals surface area (Å²) in [7, 11) is 0. The molecule has 0 saturated heterocycles. The zero-order chi connectivity index (χ0) is 9.26. The van der Waals surface area contributed by atoms with Crippen molar-refractivity contribution in [3.05, 3.63) is 24.3 Å². The van der Waals surface area contributed by atoms with Crippen LogP contribution in [0.15, 0.2) is 18.6 Å². The molecule has 0 aliphatic heterocycles.